The van der Waals surface area contributed by atoms with Crippen molar-refractivity contribution < 1.29 is 14.7 Å². The standard InChI is InChI=1S/C12H23N3O3/c1-5-12(3,10(16)17)13-11(18)15-7-6-14(4)8-9(15)2/h9H,5-8H2,1-4H3,(H,13,18)(H,16,17). The van der Waals surface area contributed by atoms with E-state index >= 15 is 0 Å². The van der Waals surface area contributed by atoms with Crippen LogP contribution in [-0.2, 0) is 4.79 Å². The third kappa shape index (κ3) is 3.13. The average molecular weight is 257 g/mol. The molecule has 6 heteroatoms. The first-order chi connectivity index (χ1) is 8.30. The molecular formula is C12H23N3O3. The minimum absolute atomic E-state index is 0.0960. The van der Waals surface area contributed by atoms with E-state index in [1.54, 1.807) is 11.8 Å². The molecule has 2 N–H and O–H groups in total. The van der Waals surface area contributed by atoms with Crippen LogP contribution in [0, 0.1) is 0 Å². The first-order valence-corrected chi connectivity index (χ1v) is 6.31. The summed E-state index contributed by atoms with van der Waals surface area (Å²) < 4.78 is 0. The summed E-state index contributed by atoms with van der Waals surface area (Å²) in [5.41, 5.74) is -1.19. The lowest BCUT2D eigenvalue weighted by atomic mass is 9.99. The first-order valence-electron chi connectivity index (χ1n) is 6.31. The van der Waals surface area contributed by atoms with E-state index in [2.05, 4.69) is 10.2 Å². The van der Waals surface area contributed by atoms with Gasteiger partial charge in [0.25, 0.3) is 0 Å². The second-order valence-electron chi connectivity index (χ2n) is 5.23. The zero-order chi connectivity index (χ0) is 13.9. The SMILES string of the molecule is CCC(C)(NC(=O)N1CCN(C)CC1C)C(=O)O. The lowest BCUT2D eigenvalue weighted by Gasteiger charge is -2.39. The Morgan fingerprint density at radius 1 is 1.44 bits per heavy atom. The monoisotopic (exact) mass is 257 g/mol. The molecule has 0 aliphatic carbocycles. The molecule has 2 amide bonds. The molecule has 0 aromatic heterocycles. The highest BCUT2D eigenvalue weighted by molar-refractivity contribution is 5.86. The van der Waals surface area contributed by atoms with E-state index in [0.717, 1.165) is 13.1 Å². The number of piperazine rings is 1. The Balaban J connectivity index is 2.68. The molecule has 1 rings (SSSR count). The second kappa shape index (κ2) is 5.56. The number of carbonyl (C=O) groups is 2. The number of nitrogens with zero attached hydrogens (tertiary/aromatic N) is 2. The number of urea groups is 1. The fourth-order valence-electron chi connectivity index (χ4n) is 2.04. The molecule has 18 heavy (non-hydrogen) atoms. The van der Waals surface area contributed by atoms with E-state index in [9.17, 15) is 9.59 Å². The molecular weight excluding hydrogens is 234 g/mol. The number of carboxylic acids is 1. The van der Waals surface area contributed by atoms with Crippen LogP contribution in [0.4, 0.5) is 4.79 Å². The molecule has 0 saturated carbocycles. The van der Waals surface area contributed by atoms with Crippen molar-refractivity contribution >= 4 is 12.0 Å². The second-order valence-corrected chi connectivity index (χ2v) is 5.23. The summed E-state index contributed by atoms with van der Waals surface area (Å²) in [6.07, 6.45) is 0.357. The fourth-order valence-corrected chi connectivity index (χ4v) is 2.04. The van der Waals surface area contributed by atoms with Crippen LogP contribution in [0.1, 0.15) is 27.2 Å². The molecule has 2 unspecified atom stereocenters. The van der Waals surface area contributed by atoms with Crippen LogP contribution in [0.5, 0.6) is 0 Å². The predicted octanol–water partition coefficient (Wildman–Crippen LogP) is 0.585. The van der Waals surface area contributed by atoms with E-state index in [1.165, 1.54) is 6.92 Å². The van der Waals surface area contributed by atoms with E-state index in [-0.39, 0.29) is 12.1 Å². The van der Waals surface area contributed by atoms with Crippen molar-refractivity contribution in [3.8, 4) is 0 Å². The highest BCUT2D eigenvalue weighted by Crippen LogP contribution is 2.13. The zero-order valence-electron chi connectivity index (χ0n) is 11.6. The number of hydrogen-bond acceptors (Lipinski definition) is 3. The van der Waals surface area contributed by atoms with Crippen LogP contribution in [0.2, 0.25) is 0 Å². The topological polar surface area (TPSA) is 72.9 Å². The predicted molar refractivity (Wildman–Crippen MR) is 68.5 cm³/mol. The molecule has 1 saturated heterocycles. The Morgan fingerprint density at radius 2 is 2.06 bits per heavy atom. The lowest BCUT2D eigenvalue weighted by Crippen LogP contribution is -2.61. The van der Waals surface area contributed by atoms with Gasteiger partial charge in [-0.25, -0.2) is 9.59 Å². The number of nitrogens with one attached hydrogen (secondary N) is 1. The van der Waals surface area contributed by atoms with E-state index in [1.807, 2.05) is 14.0 Å². The van der Waals surface area contributed by atoms with Crippen LogP contribution < -0.4 is 5.32 Å². The van der Waals surface area contributed by atoms with Gasteiger partial charge in [0, 0.05) is 25.7 Å². The molecule has 1 heterocycles. The Labute approximate surface area is 108 Å². The van der Waals surface area contributed by atoms with E-state index < -0.39 is 11.5 Å². The van der Waals surface area contributed by atoms with Crippen molar-refractivity contribution in [3.05, 3.63) is 0 Å². The quantitative estimate of drug-likeness (QED) is 0.776. The summed E-state index contributed by atoms with van der Waals surface area (Å²) in [6.45, 7) is 7.51. The van der Waals surface area contributed by atoms with Gasteiger partial charge in [0.2, 0.25) is 0 Å². The summed E-state index contributed by atoms with van der Waals surface area (Å²) in [5.74, 6) is -1.000. The maximum atomic E-state index is 12.1. The Morgan fingerprint density at radius 3 is 2.50 bits per heavy atom. The van der Waals surface area contributed by atoms with Gasteiger partial charge in [-0.2, -0.15) is 0 Å². The Kier molecular flexibility index (Phi) is 4.56. The van der Waals surface area contributed by atoms with Gasteiger partial charge in [-0.1, -0.05) is 6.92 Å². The Hall–Kier alpha value is -1.30. The molecule has 0 spiro atoms. The van der Waals surface area contributed by atoms with Gasteiger partial charge >= 0.3 is 12.0 Å². The number of carbonyl (C=O) groups excluding carboxylic acids is 1. The van der Waals surface area contributed by atoms with Crippen molar-refractivity contribution in [2.45, 2.75) is 38.8 Å². The van der Waals surface area contributed by atoms with Gasteiger partial charge in [-0.3, -0.25) is 0 Å². The summed E-state index contributed by atoms with van der Waals surface area (Å²) in [6, 6.07) is -0.194. The van der Waals surface area contributed by atoms with Crippen LogP contribution in [-0.4, -0.2) is 65.2 Å². The number of likely N-dealkylation sites (N-methyl/N-ethyl adjacent to an activating group) is 1. The Bertz CT molecular complexity index is 335. The maximum absolute atomic E-state index is 12.1. The number of carboxylic acid groups (broad SMARTS) is 1. The van der Waals surface area contributed by atoms with Crippen molar-refractivity contribution in [2.24, 2.45) is 0 Å². The summed E-state index contributed by atoms with van der Waals surface area (Å²) in [4.78, 5) is 27.2. The summed E-state index contributed by atoms with van der Waals surface area (Å²) in [7, 11) is 2.01. The van der Waals surface area contributed by atoms with E-state index in [0.29, 0.717) is 13.0 Å². The molecule has 104 valence electrons. The van der Waals surface area contributed by atoms with Gasteiger partial charge < -0.3 is 20.2 Å². The smallest absolute Gasteiger partial charge is 0.329 e. The van der Waals surface area contributed by atoms with Crippen molar-refractivity contribution in [1.82, 2.24) is 15.1 Å². The number of amides is 2. The molecule has 1 aliphatic heterocycles. The number of aliphatic carboxylic acids is 1. The van der Waals surface area contributed by atoms with Gasteiger partial charge in [0.1, 0.15) is 5.54 Å². The van der Waals surface area contributed by atoms with Crippen molar-refractivity contribution in [1.29, 1.82) is 0 Å². The number of rotatable bonds is 3. The van der Waals surface area contributed by atoms with Gasteiger partial charge in [-0.05, 0) is 27.3 Å². The summed E-state index contributed by atoms with van der Waals surface area (Å²) in [5, 5.41) is 11.8. The molecule has 1 fully saturated rings. The van der Waals surface area contributed by atoms with Crippen LogP contribution >= 0.6 is 0 Å². The normalized spacial score (nSPS) is 24.4. The highest BCUT2D eigenvalue weighted by Gasteiger charge is 2.36. The molecule has 6 nitrogen and oxygen atoms in total. The van der Waals surface area contributed by atoms with Gasteiger partial charge in [-0.15, -0.1) is 0 Å². The average Bonchev–Trinajstić information content (AvgIpc) is 2.28. The maximum Gasteiger partial charge on any atom is 0.329 e. The zero-order valence-corrected chi connectivity index (χ0v) is 11.6. The fraction of sp³-hybridized carbons (Fsp3) is 0.833. The minimum atomic E-state index is -1.19. The third-order valence-electron chi connectivity index (χ3n) is 3.65. The molecule has 0 aromatic rings. The largest absolute Gasteiger partial charge is 0.480 e. The van der Waals surface area contributed by atoms with Crippen molar-refractivity contribution in [3.63, 3.8) is 0 Å². The molecule has 0 aromatic carbocycles. The molecule has 2 atom stereocenters. The third-order valence-corrected chi connectivity index (χ3v) is 3.65. The molecule has 1 aliphatic rings. The van der Waals surface area contributed by atoms with E-state index in [4.69, 9.17) is 5.11 Å². The lowest BCUT2D eigenvalue weighted by molar-refractivity contribution is -0.143. The number of hydrogen-bond donors (Lipinski definition) is 2. The highest BCUT2D eigenvalue weighted by atomic mass is 16.4. The summed E-state index contributed by atoms with van der Waals surface area (Å²) >= 11 is 0. The van der Waals surface area contributed by atoms with Crippen LogP contribution in [0.25, 0.3) is 0 Å². The molecule has 0 radical (unpaired) electrons. The van der Waals surface area contributed by atoms with Gasteiger partial charge in [0.05, 0.1) is 0 Å². The molecule has 0 bridgehead atoms. The van der Waals surface area contributed by atoms with Crippen LogP contribution in [0.15, 0.2) is 0 Å². The van der Waals surface area contributed by atoms with Crippen molar-refractivity contribution in [2.75, 3.05) is 26.7 Å². The van der Waals surface area contributed by atoms with Crippen LogP contribution in [0.3, 0.4) is 0 Å². The first kappa shape index (κ1) is 14.8. The van der Waals surface area contributed by atoms with Gasteiger partial charge in [0.15, 0.2) is 0 Å². The minimum Gasteiger partial charge on any atom is -0.480 e.